The highest BCUT2D eigenvalue weighted by atomic mass is 16.6. The van der Waals surface area contributed by atoms with Crippen molar-refractivity contribution < 1.29 is 43.9 Å². The second kappa shape index (κ2) is 4.76. The number of carbonyl (C=O) groups excluding carboxylic acids is 3. The molecule has 144 valence electrons. The number of fused-ring (bicyclic) bond motifs is 4. The molecule has 4 rings (SSSR count). The first-order chi connectivity index (χ1) is 12.0. The maximum Gasteiger partial charge on any atom is 0.342 e. The molecule has 4 fully saturated rings. The van der Waals surface area contributed by atoms with E-state index in [9.17, 15) is 29.7 Å². The predicted octanol–water partition coefficient (Wildman–Crippen LogP) is -1.34. The fourth-order valence-corrected chi connectivity index (χ4v) is 6.07. The zero-order chi connectivity index (χ0) is 19.3. The average molecular weight is 370 g/mol. The Kier molecular flexibility index (Phi) is 3.24. The van der Waals surface area contributed by atoms with Gasteiger partial charge in [-0.3, -0.25) is 4.79 Å². The van der Waals surface area contributed by atoms with E-state index in [1.54, 1.807) is 6.92 Å². The molecule has 0 radical (unpaired) electrons. The second-order valence-electron chi connectivity index (χ2n) is 8.25. The number of rotatable bonds is 1. The number of esters is 3. The summed E-state index contributed by atoms with van der Waals surface area (Å²) in [5.74, 6) is -3.12. The van der Waals surface area contributed by atoms with Crippen LogP contribution >= 0.6 is 0 Å². The Morgan fingerprint density at radius 1 is 1.31 bits per heavy atom. The minimum absolute atomic E-state index is 0.142. The highest BCUT2D eigenvalue weighted by Gasteiger charge is 2.88. The lowest BCUT2D eigenvalue weighted by Crippen LogP contribution is -2.82. The number of ether oxygens (including phenoxy) is 3. The van der Waals surface area contributed by atoms with Crippen molar-refractivity contribution in [3.05, 3.63) is 0 Å². The van der Waals surface area contributed by atoms with Gasteiger partial charge >= 0.3 is 17.9 Å². The standard InChI is InChI=1S/C17H22O9/c1-7-4-9(25-8(2)18)17(23)14(3)6-24-13(21)16(14,22)10-5-15(7,17)11(19)12(20)26-10/h7,9-11,19,22-23H,4-6H2,1-3H3/t7-,9-,10-,11+,14-,15+,16-,17+/m1/s1. The van der Waals surface area contributed by atoms with Crippen molar-refractivity contribution >= 4 is 17.9 Å². The number of aliphatic hydroxyl groups excluding tert-OH is 1. The van der Waals surface area contributed by atoms with Gasteiger partial charge in [0.15, 0.2) is 6.10 Å². The molecule has 2 bridgehead atoms. The zero-order valence-electron chi connectivity index (χ0n) is 14.7. The highest BCUT2D eigenvalue weighted by Crippen LogP contribution is 2.72. The maximum absolute atomic E-state index is 12.4. The van der Waals surface area contributed by atoms with Gasteiger partial charge in [-0.1, -0.05) is 6.92 Å². The number of hydrogen-bond acceptors (Lipinski definition) is 9. The lowest BCUT2D eigenvalue weighted by Gasteiger charge is -2.64. The van der Waals surface area contributed by atoms with Crippen LogP contribution < -0.4 is 0 Å². The van der Waals surface area contributed by atoms with E-state index in [0.29, 0.717) is 0 Å². The first kappa shape index (κ1) is 17.7. The lowest BCUT2D eigenvalue weighted by atomic mass is 9.44. The summed E-state index contributed by atoms with van der Waals surface area (Å²) in [6.45, 7) is 4.00. The zero-order valence-corrected chi connectivity index (χ0v) is 14.7. The van der Waals surface area contributed by atoms with Crippen LogP contribution in [0.25, 0.3) is 0 Å². The molecule has 9 heteroatoms. The van der Waals surface area contributed by atoms with E-state index in [0.717, 1.165) is 0 Å². The average Bonchev–Trinajstić information content (AvgIpc) is 2.92. The molecule has 2 saturated carbocycles. The highest BCUT2D eigenvalue weighted by molar-refractivity contribution is 5.87. The second-order valence-corrected chi connectivity index (χ2v) is 8.25. The van der Waals surface area contributed by atoms with Gasteiger partial charge in [-0.05, 0) is 25.7 Å². The number of aliphatic hydroxyl groups is 3. The van der Waals surface area contributed by atoms with Crippen LogP contribution in [0.15, 0.2) is 0 Å². The van der Waals surface area contributed by atoms with Crippen molar-refractivity contribution in [3.63, 3.8) is 0 Å². The molecule has 2 aliphatic carbocycles. The van der Waals surface area contributed by atoms with Crippen molar-refractivity contribution in [2.24, 2.45) is 16.7 Å². The van der Waals surface area contributed by atoms with Crippen molar-refractivity contribution in [2.45, 2.75) is 63.1 Å². The molecule has 0 aromatic rings. The van der Waals surface area contributed by atoms with Gasteiger partial charge in [0.1, 0.15) is 24.4 Å². The van der Waals surface area contributed by atoms with Gasteiger partial charge in [0, 0.05) is 12.3 Å². The molecule has 8 atom stereocenters. The third-order valence-corrected chi connectivity index (χ3v) is 7.38. The van der Waals surface area contributed by atoms with Crippen molar-refractivity contribution in [1.82, 2.24) is 0 Å². The molecule has 1 spiro atoms. The molecule has 0 aromatic carbocycles. The van der Waals surface area contributed by atoms with Crippen molar-refractivity contribution in [3.8, 4) is 0 Å². The molecule has 26 heavy (non-hydrogen) atoms. The van der Waals surface area contributed by atoms with Crippen LogP contribution in [0.1, 0.15) is 33.6 Å². The molecular weight excluding hydrogens is 348 g/mol. The molecular formula is C17H22O9. The van der Waals surface area contributed by atoms with Crippen LogP contribution in [0.5, 0.6) is 0 Å². The molecule has 4 aliphatic rings. The summed E-state index contributed by atoms with van der Waals surface area (Å²) < 4.78 is 15.6. The molecule has 2 aliphatic heterocycles. The summed E-state index contributed by atoms with van der Waals surface area (Å²) in [6, 6.07) is 0. The molecule has 0 amide bonds. The van der Waals surface area contributed by atoms with Gasteiger partial charge in [-0.15, -0.1) is 0 Å². The Balaban J connectivity index is 2.00. The summed E-state index contributed by atoms with van der Waals surface area (Å²) in [6.07, 6.45) is -4.06. The first-order valence-corrected chi connectivity index (χ1v) is 8.64. The minimum Gasteiger partial charge on any atom is -0.463 e. The number of cyclic esters (lactones) is 1. The SMILES string of the molecule is CC(=O)O[C@@H]1C[C@@H](C)[C@@]23C[C@@H](OC(=O)[C@@H]2O)[C@@]2(O)C(=O)OC[C@@]2(C)[C@@]13O. The number of hydrogen-bond donors (Lipinski definition) is 3. The minimum atomic E-state index is -2.30. The Morgan fingerprint density at radius 3 is 2.58 bits per heavy atom. The quantitative estimate of drug-likeness (QED) is 0.378. The number of carbonyl (C=O) groups is 3. The largest absolute Gasteiger partial charge is 0.463 e. The van der Waals surface area contributed by atoms with E-state index in [-0.39, 0.29) is 19.4 Å². The van der Waals surface area contributed by atoms with E-state index in [2.05, 4.69) is 0 Å². The normalized spacial score (nSPS) is 54.8. The molecule has 2 saturated heterocycles. The van der Waals surface area contributed by atoms with Gasteiger partial charge in [0.25, 0.3) is 0 Å². The van der Waals surface area contributed by atoms with Crippen LogP contribution in [0.3, 0.4) is 0 Å². The summed E-state index contributed by atoms with van der Waals surface area (Å²) in [7, 11) is 0. The summed E-state index contributed by atoms with van der Waals surface area (Å²) in [4.78, 5) is 36.4. The van der Waals surface area contributed by atoms with Gasteiger partial charge in [-0.2, -0.15) is 0 Å². The molecule has 9 nitrogen and oxygen atoms in total. The lowest BCUT2D eigenvalue weighted by molar-refractivity contribution is -0.334. The van der Waals surface area contributed by atoms with Crippen LogP contribution in [-0.2, 0) is 28.6 Å². The van der Waals surface area contributed by atoms with Crippen LogP contribution in [0, 0.1) is 16.7 Å². The van der Waals surface area contributed by atoms with E-state index >= 15 is 0 Å². The summed E-state index contributed by atoms with van der Waals surface area (Å²) in [5.41, 5.74) is -7.46. The van der Waals surface area contributed by atoms with Crippen molar-refractivity contribution in [1.29, 1.82) is 0 Å². The van der Waals surface area contributed by atoms with E-state index < -0.39 is 64.2 Å². The topological polar surface area (TPSA) is 140 Å². The monoisotopic (exact) mass is 370 g/mol. The van der Waals surface area contributed by atoms with Crippen molar-refractivity contribution in [2.75, 3.05) is 6.61 Å². The summed E-state index contributed by atoms with van der Waals surface area (Å²) in [5, 5.41) is 34.0. The Morgan fingerprint density at radius 2 is 1.96 bits per heavy atom. The van der Waals surface area contributed by atoms with Gasteiger partial charge in [-0.25, -0.2) is 9.59 Å². The van der Waals surface area contributed by atoms with Crippen LogP contribution in [-0.4, -0.2) is 69.3 Å². The third-order valence-electron chi connectivity index (χ3n) is 7.38. The van der Waals surface area contributed by atoms with Gasteiger partial charge < -0.3 is 29.5 Å². The Labute approximate surface area is 149 Å². The van der Waals surface area contributed by atoms with Crippen LogP contribution in [0.4, 0.5) is 0 Å². The maximum atomic E-state index is 12.4. The van der Waals surface area contributed by atoms with Gasteiger partial charge in [0.05, 0.1) is 5.41 Å². The molecule has 3 N–H and O–H groups in total. The fourth-order valence-electron chi connectivity index (χ4n) is 6.07. The summed E-state index contributed by atoms with van der Waals surface area (Å²) >= 11 is 0. The fraction of sp³-hybridized carbons (Fsp3) is 0.824. The van der Waals surface area contributed by atoms with Gasteiger partial charge in [0.2, 0.25) is 5.60 Å². The van der Waals surface area contributed by atoms with E-state index in [4.69, 9.17) is 14.2 Å². The van der Waals surface area contributed by atoms with E-state index in [1.165, 1.54) is 13.8 Å². The Hall–Kier alpha value is -1.71. The molecule has 0 aromatic heterocycles. The van der Waals surface area contributed by atoms with Crippen LogP contribution in [0.2, 0.25) is 0 Å². The smallest absolute Gasteiger partial charge is 0.342 e. The molecule has 2 heterocycles. The van der Waals surface area contributed by atoms with E-state index in [1.807, 2.05) is 0 Å². The third kappa shape index (κ3) is 1.49. The molecule has 0 unspecified atom stereocenters. The first-order valence-electron chi connectivity index (χ1n) is 8.64. The predicted molar refractivity (Wildman–Crippen MR) is 81.2 cm³/mol. The Bertz CT molecular complexity index is 721.